The molecule has 0 radical (unpaired) electrons. The summed E-state index contributed by atoms with van der Waals surface area (Å²) >= 11 is 0. The largest absolute Gasteiger partial charge is 0.506 e. The molecule has 8 nitrogen and oxygen atoms in total. The van der Waals surface area contributed by atoms with Crippen molar-refractivity contribution in [2.24, 2.45) is 0 Å². The van der Waals surface area contributed by atoms with Crippen LogP contribution in [0.25, 0.3) is 0 Å². The number of rotatable bonds is 4. The maximum Gasteiger partial charge on any atom is 0.326 e. The summed E-state index contributed by atoms with van der Waals surface area (Å²) in [6.07, 6.45) is 2.87. The van der Waals surface area contributed by atoms with Crippen LogP contribution in [0.5, 0.6) is 5.75 Å². The molecule has 1 aliphatic heterocycles. The summed E-state index contributed by atoms with van der Waals surface area (Å²) in [4.78, 5) is 27.1. The van der Waals surface area contributed by atoms with Crippen LogP contribution in [0.2, 0.25) is 0 Å². The molecular formula is C14H20N2O6S. The smallest absolute Gasteiger partial charge is 0.326 e. The minimum Gasteiger partial charge on any atom is -0.506 e. The van der Waals surface area contributed by atoms with E-state index in [0.717, 1.165) is 29.1 Å². The van der Waals surface area contributed by atoms with Crippen LogP contribution in [0.1, 0.15) is 25.3 Å². The number of phenolic OH excluding ortho intramolecular Hbond substituents is 1. The van der Waals surface area contributed by atoms with E-state index in [1.165, 1.54) is 6.07 Å². The van der Waals surface area contributed by atoms with E-state index in [-0.39, 0.29) is 18.0 Å². The molecule has 0 spiro atoms. The number of anilines is 1. The van der Waals surface area contributed by atoms with Gasteiger partial charge in [-0.25, -0.2) is 9.03 Å². The van der Waals surface area contributed by atoms with Gasteiger partial charge in [0.2, 0.25) is 0 Å². The van der Waals surface area contributed by atoms with E-state index >= 15 is 0 Å². The second kappa shape index (κ2) is 9.57. The van der Waals surface area contributed by atoms with Crippen LogP contribution in [-0.4, -0.2) is 39.6 Å². The Balaban J connectivity index is 0.00000112. The van der Waals surface area contributed by atoms with E-state index in [1.807, 2.05) is 18.3 Å². The van der Waals surface area contributed by atoms with Crippen molar-refractivity contribution in [3.63, 3.8) is 0 Å². The zero-order valence-electron chi connectivity index (χ0n) is 12.8. The molecule has 128 valence electrons. The standard InChI is InChI=1S/C12H16N2O4S.2CH2O/c1-2-3-4-9-5-6-10(11(15)7-9)14-8-12(16)13-19(14,17)18;2*1-2/h5-7,15H,2-4,8H2,1H3,(H,13,16);2*1H2. The quantitative estimate of drug-likeness (QED) is 0.822. The van der Waals surface area contributed by atoms with E-state index < -0.39 is 16.1 Å². The van der Waals surface area contributed by atoms with Gasteiger partial charge in [0, 0.05) is 0 Å². The number of aromatic hydroxyl groups is 1. The number of nitrogens with zero attached hydrogens (tertiary/aromatic N) is 1. The molecule has 1 heterocycles. The van der Waals surface area contributed by atoms with Gasteiger partial charge in [-0.05, 0) is 30.5 Å². The van der Waals surface area contributed by atoms with Gasteiger partial charge >= 0.3 is 10.2 Å². The number of aryl methyl sites for hydroxylation is 1. The summed E-state index contributed by atoms with van der Waals surface area (Å²) < 4.78 is 26.1. The average Bonchev–Trinajstić information content (AvgIpc) is 2.82. The van der Waals surface area contributed by atoms with E-state index in [0.29, 0.717) is 0 Å². The molecule has 1 fully saturated rings. The lowest BCUT2D eigenvalue weighted by Gasteiger charge is -2.16. The summed E-state index contributed by atoms with van der Waals surface area (Å²) in [6, 6.07) is 4.84. The van der Waals surface area contributed by atoms with Crippen LogP contribution in [0.15, 0.2) is 18.2 Å². The lowest BCUT2D eigenvalue weighted by molar-refractivity contribution is -0.117. The molecule has 1 aliphatic rings. The van der Waals surface area contributed by atoms with E-state index in [4.69, 9.17) is 9.59 Å². The molecule has 0 atom stereocenters. The minimum atomic E-state index is -3.87. The third kappa shape index (κ3) is 5.37. The molecule has 0 saturated carbocycles. The van der Waals surface area contributed by atoms with Crippen LogP contribution in [-0.2, 0) is 31.0 Å². The molecular weight excluding hydrogens is 324 g/mol. The Hall–Kier alpha value is -2.42. The fourth-order valence-electron chi connectivity index (χ4n) is 1.98. The number of amides is 1. The molecule has 23 heavy (non-hydrogen) atoms. The average molecular weight is 344 g/mol. The van der Waals surface area contributed by atoms with Gasteiger partial charge in [0.1, 0.15) is 25.9 Å². The number of carbonyl (C=O) groups is 3. The zero-order chi connectivity index (χ0) is 18.0. The molecule has 0 unspecified atom stereocenters. The zero-order valence-corrected chi connectivity index (χ0v) is 13.6. The number of benzene rings is 1. The van der Waals surface area contributed by atoms with Crippen LogP contribution >= 0.6 is 0 Å². The molecule has 0 aliphatic carbocycles. The van der Waals surface area contributed by atoms with Crippen molar-refractivity contribution >= 4 is 35.4 Å². The van der Waals surface area contributed by atoms with Crippen molar-refractivity contribution in [3.05, 3.63) is 23.8 Å². The number of carbonyl (C=O) groups excluding carboxylic acids is 3. The van der Waals surface area contributed by atoms with Gasteiger partial charge in [0.25, 0.3) is 5.91 Å². The number of hydrogen-bond donors (Lipinski definition) is 2. The highest BCUT2D eigenvalue weighted by molar-refractivity contribution is 7.92. The van der Waals surface area contributed by atoms with Crippen molar-refractivity contribution in [2.75, 3.05) is 10.8 Å². The van der Waals surface area contributed by atoms with E-state index in [9.17, 15) is 18.3 Å². The lowest BCUT2D eigenvalue weighted by atomic mass is 10.1. The number of hydrogen-bond acceptors (Lipinski definition) is 6. The first kappa shape index (κ1) is 20.6. The summed E-state index contributed by atoms with van der Waals surface area (Å²) in [5, 5.41) is 9.92. The SMILES string of the molecule is C=O.C=O.CCCCc1ccc(N2CC(=O)NS2(=O)=O)c(O)c1. The van der Waals surface area contributed by atoms with E-state index in [1.54, 1.807) is 12.1 Å². The van der Waals surface area contributed by atoms with Gasteiger partial charge in [-0.3, -0.25) is 4.79 Å². The van der Waals surface area contributed by atoms with Gasteiger partial charge in [-0.2, -0.15) is 8.42 Å². The molecule has 9 heteroatoms. The van der Waals surface area contributed by atoms with Gasteiger partial charge in [0.05, 0.1) is 5.69 Å². The predicted molar refractivity (Wildman–Crippen MR) is 85.4 cm³/mol. The molecule has 0 aromatic heterocycles. The molecule has 2 rings (SSSR count). The summed E-state index contributed by atoms with van der Waals surface area (Å²) in [6.45, 7) is 5.77. The Kier molecular flexibility index (Phi) is 8.56. The molecule has 2 N–H and O–H groups in total. The maximum atomic E-state index is 11.7. The Bertz CT molecular complexity index is 630. The monoisotopic (exact) mass is 344 g/mol. The third-order valence-electron chi connectivity index (χ3n) is 2.95. The second-order valence-corrected chi connectivity index (χ2v) is 6.06. The van der Waals surface area contributed by atoms with Crippen molar-refractivity contribution in [2.45, 2.75) is 26.2 Å². The highest BCUT2D eigenvalue weighted by Gasteiger charge is 2.35. The van der Waals surface area contributed by atoms with Gasteiger partial charge < -0.3 is 14.7 Å². The molecule has 1 aromatic rings. The molecule has 0 bridgehead atoms. The van der Waals surface area contributed by atoms with Crippen molar-refractivity contribution in [3.8, 4) is 5.75 Å². The topological polar surface area (TPSA) is 121 Å². The molecule has 1 aromatic carbocycles. The summed E-state index contributed by atoms with van der Waals surface area (Å²) in [5.41, 5.74) is 1.07. The fraction of sp³-hybridized carbons (Fsp3) is 0.357. The van der Waals surface area contributed by atoms with Crippen LogP contribution < -0.4 is 9.03 Å². The Morgan fingerprint density at radius 3 is 2.30 bits per heavy atom. The number of nitrogens with one attached hydrogen (secondary N) is 1. The third-order valence-corrected chi connectivity index (χ3v) is 4.34. The maximum absolute atomic E-state index is 11.7. The second-order valence-electron chi connectivity index (χ2n) is 4.46. The summed E-state index contributed by atoms with van der Waals surface area (Å²) in [5.74, 6) is -0.733. The number of unbranched alkanes of at least 4 members (excludes halogenated alkanes) is 1. The molecule has 1 amide bonds. The van der Waals surface area contributed by atoms with Crippen LogP contribution in [0.4, 0.5) is 5.69 Å². The first-order valence-corrected chi connectivity index (χ1v) is 8.11. The highest BCUT2D eigenvalue weighted by atomic mass is 32.2. The van der Waals surface area contributed by atoms with Crippen LogP contribution in [0.3, 0.4) is 0 Å². The van der Waals surface area contributed by atoms with Crippen LogP contribution in [0, 0.1) is 0 Å². The Labute approximate surface area is 135 Å². The van der Waals surface area contributed by atoms with Gasteiger partial charge in [-0.1, -0.05) is 19.4 Å². The first-order chi connectivity index (χ1) is 10.9. The summed E-state index contributed by atoms with van der Waals surface area (Å²) in [7, 11) is -3.87. The highest BCUT2D eigenvalue weighted by Crippen LogP contribution is 2.31. The minimum absolute atomic E-state index is 0.124. The Morgan fingerprint density at radius 2 is 1.87 bits per heavy atom. The Morgan fingerprint density at radius 1 is 1.26 bits per heavy atom. The van der Waals surface area contributed by atoms with Crippen molar-refractivity contribution in [1.29, 1.82) is 0 Å². The van der Waals surface area contributed by atoms with E-state index in [2.05, 4.69) is 6.92 Å². The lowest BCUT2D eigenvalue weighted by Crippen LogP contribution is -2.29. The first-order valence-electron chi connectivity index (χ1n) is 6.67. The normalized spacial score (nSPS) is 14.8. The molecule has 1 saturated heterocycles. The van der Waals surface area contributed by atoms with Crippen molar-refractivity contribution in [1.82, 2.24) is 4.72 Å². The van der Waals surface area contributed by atoms with Crippen molar-refractivity contribution < 1.29 is 27.9 Å². The fourth-order valence-corrected chi connectivity index (χ4v) is 3.14. The van der Waals surface area contributed by atoms with Gasteiger partial charge in [0.15, 0.2) is 0 Å². The predicted octanol–water partition coefficient (Wildman–Crippen LogP) is 0.546. The number of phenols is 1. The van der Waals surface area contributed by atoms with Gasteiger partial charge in [-0.15, -0.1) is 0 Å².